The molecular formula is C13H17BrN2. The van der Waals surface area contributed by atoms with Crippen LogP contribution in [0.15, 0.2) is 28.7 Å². The molecular weight excluding hydrogens is 264 g/mol. The van der Waals surface area contributed by atoms with Crippen molar-refractivity contribution in [3.63, 3.8) is 0 Å². The second-order valence-electron chi connectivity index (χ2n) is 4.66. The van der Waals surface area contributed by atoms with E-state index < -0.39 is 0 Å². The van der Waals surface area contributed by atoms with Crippen molar-refractivity contribution in [2.24, 2.45) is 5.41 Å². The van der Waals surface area contributed by atoms with Crippen molar-refractivity contribution < 1.29 is 0 Å². The van der Waals surface area contributed by atoms with Crippen molar-refractivity contribution in [1.82, 2.24) is 0 Å². The van der Waals surface area contributed by atoms with Crippen LogP contribution >= 0.6 is 15.9 Å². The number of benzene rings is 1. The summed E-state index contributed by atoms with van der Waals surface area (Å²) in [5, 5.41) is 12.0. The van der Waals surface area contributed by atoms with Gasteiger partial charge in [-0.1, -0.05) is 26.0 Å². The normalized spacial score (nSPS) is 10.9. The average Bonchev–Trinajstić information content (AvgIpc) is 2.26. The molecule has 2 nitrogen and oxygen atoms in total. The summed E-state index contributed by atoms with van der Waals surface area (Å²) in [6.07, 6.45) is 1.53. The molecule has 0 bridgehead atoms. The van der Waals surface area contributed by atoms with Gasteiger partial charge in [0, 0.05) is 23.1 Å². The van der Waals surface area contributed by atoms with Crippen LogP contribution in [0.5, 0.6) is 0 Å². The van der Waals surface area contributed by atoms with Gasteiger partial charge in [-0.25, -0.2) is 0 Å². The number of para-hydroxylation sites is 1. The first-order chi connectivity index (χ1) is 7.55. The Labute approximate surface area is 106 Å². The number of halogens is 1. The van der Waals surface area contributed by atoms with Crippen LogP contribution < -0.4 is 5.32 Å². The number of anilines is 1. The first-order valence-electron chi connectivity index (χ1n) is 5.40. The number of nitriles is 1. The minimum absolute atomic E-state index is 0.144. The molecule has 0 unspecified atom stereocenters. The van der Waals surface area contributed by atoms with E-state index in [0.717, 1.165) is 23.1 Å². The van der Waals surface area contributed by atoms with Crippen LogP contribution in [0, 0.1) is 16.7 Å². The van der Waals surface area contributed by atoms with E-state index in [4.69, 9.17) is 5.26 Å². The van der Waals surface area contributed by atoms with Gasteiger partial charge >= 0.3 is 0 Å². The molecule has 1 aromatic carbocycles. The molecule has 0 amide bonds. The van der Waals surface area contributed by atoms with E-state index in [9.17, 15) is 0 Å². The summed E-state index contributed by atoms with van der Waals surface area (Å²) in [7, 11) is 0. The van der Waals surface area contributed by atoms with Crippen molar-refractivity contribution in [3.8, 4) is 6.07 Å². The van der Waals surface area contributed by atoms with Crippen molar-refractivity contribution >= 4 is 21.6 Å². The first-order valence-corrected chi connectivity index (χ1v) is 6.20. The average molecular weight is 281 g/mol. The summed E-state index contributed by atoms with van der Waals surface area (Å²) < 4.78 is 1.08. The Kier molecular flexibility index (Phi) is 4.82. The highest BCUT2D eigenvalue weighted by Gasteiger charge is 2.17. The molecule has 0 spiro atoms. The third kappa shape index (κ3) is 4.24. The molecule has 1 aromatic rings. The zero-order chi connectivity index (χ0) is 12.0. The van der Waals surface area contributed by atoms with Crippen LogP contribution in [0.1, 0.15) is 26.7 Å². The Morgan fingerprint density at radius 2 is 2.06 bits per heavy atom. The van der Waals surface area contributed by atoms with Crippen molar-refractivity contribution in [3.05, 3.63) is 28.7 Å². The smallest absolute Gasteiger partial charge is 0.0621 e. The van der Waals surface area contributed by atoms with Crippen LogP contribution in [0.25, 0.3) is 0 Å². The van der Waals surface area contributed by atoms with Gasteiger partial charge in [-0.3, -0.25) is 0 Å². The lowest BCUT2D eigenvalue weighted by Crippen LogP contribution is -2.23. The number of rotatable bonds is 5. The maximum atomic E-state index is 8.58. The molecule has 0 aliphatic carbocycles. The zero-order valence-corrected chi connectivity index (χ0v) is 11.3. The molecule has 0 aliphatic rings. The molecule has 0 saturated carbocycles. The van der Waals surface area contributed by atoms with Gasteiger partial charge in [-0.2, -0.15) is 5.26 Å². The molecule has 0 aromatic heterocycles. The van der Waals surface area contributed by atoms with Crippen molar-refractivity contribution in [1.29, 1.82) is 5.26 Å². The Hall–Kier alpha value is -1.01. The zero-order valence-electron chi connectivity index (χ0n) is 9.76. The molecule has 0 atom stereocenters. The van der Waals surface area contributed by atoms with Crippen LogP contribution in [0.2, 0.25) is 0 Å². The maximum absolute atomic E-state index is 8.58. The highest BCUT2D eigenvalue weighted by atomic mass is 79.9. The summed E-state index contributed by atoms with van der Waals surface area (Å²) >= 11 is 3.50. The molecule has 0 radical (unpaired) electrons. The molecule has 1 rings (SSSR count). The van der Waals surface area contributed by atoms with E-state index in [1.807, 2.05) is 24.3 Å². The van der Waals surface area contributed by atoms with Crippen LogP contribution in [0.3, 0.4) is 0 Å². The summed E-state index contributed by atoms with van der Waals surface area (Å²) in [4.78, 5) is 0. The molecule has 86 valence electrons. The highest BCUT2D eigenvalue weighted by molar-refractivity contribution is 9.10. The Morgan fingerprint density at radius 1 is 1.38 bits per heavy atom. The van der Waals surface area contributed by atoms with E-state index in [1.165, 1.54) is 0 Å². The van der Waals surface area contributed by atoms with E-state index >= 15 is 0 Å². The van der Waals surface area contributed by atoms with Crippen LogP contribution in [0.4, 0.5) is 5.69 Å². The van der Waals surface area contributed by atoms with Gasteiger partial charge in [-0.05, 0) is 39.9 Å². The SMILES string of the molecule is CC(C)(CCC#N)CNc1ccccc1Br. The van der Waals surface area contributed by atoms with Gasteiger partial charge in [0.25, 0.3) is 0 Å². The van der Waals surface area contributed by atoms with E-state index in [0.29, 0.717) is 6.42 Å². The van der Waals surface area contributed by atoms with E-state index in [1.54, 1.807) is 0 Å². The van der Waals surface area contributed by atoms with Gasteiger partial charge in [0.15, 0.2) is 0 Å². The van der Waals surface area contributed by atoms with Gasteiger partial charge in [-0.15, -0.1) is 0 Å². The number of nitrogens with one attached hydrogen (secondary N) is 1. The van der Waals surface area contributed by atoms with Crippen LogP contribution in [-0.2, 0) is 0 Å². The largest absolute Gasteiger partial charge is 0.384 e. The Balaban J connectivity index is 2.51. The number of hydrogen-bond acceptors (Lipinski definition) is 2. The van der Waals surface area contributed by atoms with E-state index in [2.05, 4.69) is 41.2 Å². The van der Waals surface area contributed by atoms with Gasteiger partial charge < -0.3 is 5.32 Å². The Bertz CT molecular complexity index is 380. The molecule has 0 saturated heterocycles. The maximum Gasteiger partial charge on any atom is 0.0621 e. The van der Waals surface area contributed by atoms with Crippen molar-refractivity contribution in [2.75, 3.05) is 11.9 Å². The Morgan fingerprint density at radius 3 is 2.69 bits per heavy atom. The van der Waals surface area contributed by atoms with Crippen molar-refractivity contribution in [2.45, 2.75) is 26.7 Å². The van der Waals surface area contributed by atoms with Crippen LogP contribution in [-0.4, -0.2) is 6.54 Å². The lowest BCUT2D eigenvalue weighted by atomic mass is 9.88. The summed E-state index contributed by atoms with van der Waals surface area (Å²) in [6, 6.07) is 10.3. The minimum atomic E-state index is 0.144. The lowest BCUT2D eigenvalue weighted by molar-refractivity contribution is 0.364. The number of hydrogen-bond donors (Lipinski definition) is 1. The predicted octanol–water partition coefficient (Wildman–Crippen LogP) is 4.19. The van der Waals surface area contributed by atoms with Gasteiger partial charge in [0.1, 0.15) is 0 Å². The first kappa shape index (κ1) is 13.1. The lowest BCUT2D eigenvalue weighted by Gasteiger charge is -2.24. The fraction of sp³-hybridized carbons (Fsp3) is 0.462. The predicted molar refractivity (Wildman–Crippen MR) is 71.3 cm³/mol. The summed E-state index contributed by atoms with van der Waals surface area (Å²) in [6.45, 7) is 5.22. The topological polar surface area (TPSA) is 35.8 Å². The molecule has 3 heteroatoms. The standard InChI is InChI=1S/C13H17BrN2/c1-13(2,8-5-9-15)10-16-12-7-4-3-6-11(12)14/h3-4,6-7,16H,5,8,10H2,1-2H3. The second-order valence-corrected chi connectivity index (χ2v) is 5.51. The molecule has 16 heavy (non-hydrogen) atoms. The minimum Gasteiger partial charge on any atom is -0.384 e. The van der Waals surface area contributed by atoms with Gasteiger partial charge in [0.2, 0.25) is 0 Å². The fourth-order valence-corrected chi connectivity index (χ4v) is 1.85. The molecule has 0 heterocycles. The quantitative estimate of drug-likeness (QED) is 0.878. The summed E-state index contributed by atoms with van der Waals surface area (Å²) in [5.41, 5.74) is 1.25. The highest BCUT2D eigenvalue weighted by Crippen LogP contribution is 2.26. The van der Waals surface area contributed by atoms with Gasteiger partial charge in [0.05, 0.1) is 6.07 Å². The molecule has 0 fully saturated rings. The summed E-state index contributed by atoms with van der Waals surface area (Å²) in [5.74, 6) is 0. The molecule has 1 N–H and O–H groups in total. The third-order valence-electron chi connectivity index (χ3n) is 2.54. The second kappa shape index (κ2) is 5.91. The molecule has 0 aliphatic heterocycles. The van der Waals surface area contributed by atoms with E-state index in [-0.39, 0.29) is 5.41 Å². The third-order valence-corrected chi connectivity index (χ3v) is 3.24. The fourth-order valence-electron chi connectivity index (χ4n) is 1.42. The monoisotopic (exact) mass is 280 g/mol. The number of nitrogens with zero attached hydrogens (tertiary/aromatic N) is 1.